The fourth-order valence-electron chi connectivity index (χ4n) is 1.00. The molecule has 2 N–H and O–H groups in total. The van der Waals surface area contributed by atoms with Crippen LogP contribution in [0.1, 0.15) is 6.42 Å². The Morgan fingerprint density at radius 3 is 2.50 bits per heavy atom. The van der Waals surface area contributed by atoms with E-state index in [1.54, 1.807) is 6.07 Å². The van der Waals surface area contributed by atoms with Gasteiger partial charge in [-0.15, -0.1) is 0 Å². The predicted octanol–water partition coefficient (Wildman–Crippen LogP) is 2.46. The standard InChI is InChI=1S/C10H11Cl2NO3/c11-7-4-8(12)6-9(5-7)16-10(15)13-2-1-3-14/h4-6,14H,1-3H2,(H,13,15). The Hall–Kier alpha value is -0.970. The molecule has 1 rings (SSSR count). The minimum absolute atomic E-state index is 0.0171. The summed E-state index contributed by atoms with van der Waals surface area (Å²) in [6, 6.07) is 4.51. The summed E-state index contributed by atoms with van der Waals surface area (Å²) in [5.41, 5.74) is 0. The third-order valence-corrected chi connectivity index (χ3v) is 2.09. The van der Waals surface area contributed by atoms with Crippen molar-refractivity contribution in [2.45, 2.75) is 6.42 Å². The van der Waals surface area contributed by atoms with Gasteiger partial charge >= 0.3 is 6.09 Å². The van der Waals surface area contributed by atoms with Gasteiger partial charge in [-0.2, -0.15) is 0 Å². The highest BCUT2D eigenvalue weighted by atomic mass is 35.5. The molecule has 0 aliphatic rings. The van der Waals surface area contributed by atoms with E-state index in [1.165, 1.54) is 12.1 Å². The lowest BCUT2D eigenvalue weighted by atomic mass is 10.3. The number of hydrogen-bond acceptors (Lipinski definition) is 3. The number of rotatable bonds is 4. The number of benzene rings is 1. The second kappa shape index (κ2) is 6.58. The zero-order valence-corrected chi connectivity index (χ0v) is 9.88. The summed E-state index contributed by atoms with van der Waals surface area (Å²) in [4.78, 5) is 11.2. The first kappa shape index (κ1) is 13.1. The molecule has 0 saturated heterocycles. The lowest BCUT2D eigenvalue weighted by Gasteiger charge is -2.06. The Morgan fingerprint density at radius 2 is 1.94 bits per heavy atom. The molecule has 0 aliphatic carbocycles. The first-order valence-electron chi connectivity index (χ1n) is 4.64. The summed E-state index contributed by atoms with van der Waals surface area (Å²) < 4.78 is 4.92. The van der Waals surface area contributed by atoms with Crippen molar-refractivity contribution in [3.05, 3.63) is 28.2 Å². The first-order chi connectivity index (χ1) is 7.61. The number of ether oxygens (including phenoxy) is 1. The van der Waals surface area contributed by atoms with Crippen molar-refractivity contribution in [1.29, 1.82) is 0 Å². The number of carbonyl (C=O) groups is 1. The van der Waals surface area contributed by atoms with Gasteiger partial charge in [0.05, 0.1) is 0 Å². The van der Waals surface area contributed by atoms with E-state index in [4.69, 9.17) is 33.0 Å². The number of aliphatic hydroxyl groups excluding tert-OH is 1. The fraction of sp³-hybridized carbons (Fsp3) is 0.300. The van der Waals surface area contributed by atoms with Gasteiger partial charge in [0, 0.05) is 23.2 Å². The van der Waals surface area contributed by atoms with Gasteiger partial charge in [0.15, 0.2) is 0 Å². The molecule has 0 heterocycles. The molecule has 16 heavy (non-hydrogen) atoms. The molecule has 0 aromatic heterocycles. The van der Waals surface area contributed by atoms with Crippen LogP contribution in [0.4, 0.5) is 4.79 Å². The topological polar surface area (TPSA) is 58.6 Å². The minimum atomic E-state index is -0.605. The molecule has 1 aromatic rings. The highest BCUT2D eigenvalue weighted by molar-refractivity contribution is 6.34. The van der Waals surface area contributed by atoms with Crippen LogP contribution in [0.15, 0.2) is 18.2 Å². The smallest absolute Gasteiger partial charge is 0.410 e. The van der Waals surface area contributed by atoms with E-state index < -0.39 is 6.09 Å². The normalized spacial score (nSPS) is 9.94. The van der Waals surface area contributed by atoms with Crippen molar-refractivity contribution in [3.8, 4) is 5.75 Å². The predicted molar refractivity (Wildman–Crippen MR) is 62.2 cm³/mol. The van der Waals surface area contributed by atoms with Crippen molar-refractivity contribution in [3.63, 3.8) is 0 Å². The zero-order valence-electron chi connectivity index (χ0n) is 8.37. The van der Waals surface area contributed by atoms with E-state index in [2.05, 4.69) is 5.32 Å². The summed E-state index contributed by atoms with van der Waals surface area (Å²) >= 11 is 11.5. The molecule has 0 saturated carbocycles. The molecular weight excluding hydrogens is 253 g/mol. The average molecular weight is 264 g/mol. The van der Waals surface area contributed by atoms with Crippen molar-refractivity contribution in [1.82, 2.24) is 5.32 Å². The Balaban J connectivity index is 2.49. The van der Waals surface area contributed by atoms with Gasteiger partial charge in [0.25, 0.3) is 0 Å². The molecule has 0 radical (unpaired) electrons. The lowest BCUT2D eigenvalue weighted by Crippen LogP contribution is -2.28. The van der Waals surface area contributed by atoms with E-state index in [0.29, 0.717) is 23.0 Å². The number of nitrogens with one attached hydrogen (secondary N) is 1. The van der Waals surface area contributed by atoms with Crippen molar-refractivity contribution in [2.24, 2.45) is 0 Å². The third kappa shape index (κ3) is 4.70. The Morgan fingerprint density at radius 1 is 1.31 bits per heavy atom. The van der Waals surface area contributed by atoms with Crippen LogP contribution >= 0.6 is 23.2 Å². The molecule has 0 atom stereocenters. The Labute approximate surface area is 103 Å². The Bertz CT molecular complexity index is 351. The maximum absolute atomic E-state index is 11.2. The Kier molecular flexibility index (Phi) is 5.38. The van der Waals surface area contributed by atoms with E-state index >= 15 is 0 Å². The molecule has 0 unspecified atom stereocenters. The van der Waals surface area contributed by atoms with Gasteiger partial charge in [0.2, 0.25) is 0 Å². The summed E-state index contributed by atoms with van der Waals surface area (Å²) in [5, 5.41) is 11.8. The maximum Gasteiger partial charge on any atom is 0.412 e. The summed E-state index contributed by atoms with van der Waals surface area (Å²) in [6.45, 7) is 0.368. The zero-order chi connectivity index (χ0) is 12.0. The van der Waals surface area contributed by atoms with Crippen molar-refractivity contribution in [2.75, 3.05) is 13.2 Å². The molecule has 88 valence electrons. The van der Waals surface area contributed by atoms with Crippen LogP contribution < -0.4 is 10.1 Å². The van der Waals surface area contributed by atoms with Crippen LogP contribution in [0.3, 0.4) is 0 Å². The van der Waals surface area contributed by atoms with E-state index in [-0.39, 0.29) is 12.4 Å². The van der Waals surface area contributed by atoms with Crippen LogP contribution in [-0.2, 0) is 0 Å². The first-order valence-corrected chi connectivity index (χ1v) is 5.40. The minimum Gasteiger partial charge on any atom is -0.410 e. The molecule has 0 fully saturated rings. The van der Waals surface area contributed by atoms with Crippen LogP contribution in [0.2, 0.25) is 10.0 Å². The number of aliphatic hydroxyl groups is 1. The molecule has 4 nitrogen and oxygen atoms in total. The van der Waals surface area contributed by atoms with Gasteiger partial charge in [-0.25, -0.2) is 4.79 Å². The van der Waals surface area contributed by atoms with Crippen LogP contribution in [0.5, 0.6) is 5.75 Å². The van der Waals surface area contributed by atoms with E-state index in [1.807, 2.05) is 0 Å². The molecule has 1 aromatic carbocycles. The highest BCUT2D eigenvalue weighted by Gasteiger charge is 2.05. The van der Waals surface area contributed by atoms with Crippen LogP contribution in [0.25, 0.3) is 0 Å². The van der Waals surface area contributed by atoms with Gasteiger partial charge in [-0.3, -0.25) is 0 Å². The molecule has 6 heteroatoms. The molecule has 0 aliphatic heterocycles. The third-order valence-electron chi connectivity index (χ3n) is 1.65. The SMILES string of the molecule is O=C(NCCCO)Oc1cc(Cl)cc(Cl)c1. The molecule has 0 bridgehead atoms. The number of amides is 1. The second-order valence-corrected chi connectivity index (χ2v) is 3.87. The number of halogens is 2. The number of carbonyl (C=O) groups excluding carboxylic acids is 1. The van der Waals surface area contributed by atoms with Crippen LogP contribution in [0, 0.1) is 0 Å². The van der Waals surface area contributed by atoms with Crippen LogP contribution in [-0.4, -0.2) is 24.4 Å². The van der Waals surface area contributed by atoms with Gasteiger partial charge in [0.1, 0.15) is 5.75 Å². The highest BCUT2D eigenvalue weighted by Crippen LogP contribution is 2.24. The quantitative estimate of drug-likeness (QED) is 0.821. The lowest BCUT2D eigenvalue weighted by molar-refractivity contribution is 0.199. The van der Waals surface area contributed by atoms with E-state index in [0.717, 1.165) is 0 Å². The van der Waals surface area contributed by atoms with E-state index in [9.17, 15) is 4.79 Å². The summed E-state index contributed by atoms with van der Waals surface area (Å²) in [7, 11) is 0. The molecular formula is C10H11Cl2NO3. The average Bonchev–Trinajstić information content (AvgIpc) is 2.16. The largest absolute Gasteiger partial charge is 0.412 e. The second-order valence-electron chi connectivity index (χ2n) is 3.00. The van der Waals surface area contributed by atoms with Crippen molar-refractivity contribution < 1.29 is 14.6 Å². The van der Waals surface area contributed by atoms with Gasteiger partial charge < -0.3 is 15.2 Å². The van der Waals surface area contributed by atoms with Gasteiger partial charge in [-0.1, -0.05) is 23.2 Å². The maximum atomic E-state index is 11.2. The number of hydrogen-bond donors (Lipinski definition) is 2. The molecule has 1 amide bonds. The molecule has 0 spiro atoms. The van der Waals surface area contributed by atoms with Crippen molar-refractivity contribution >= 4 is 29.3 Å². The van der Waals surface area contributed by atoms with Gasteiger partial charge in [-0.05, 0) is 24.6 Å². The summed E-state index contributed by atoms with van der Waals surface area (Å²) in [5.74, 6) is 0.277. The summed E-state index contributed by atoms with van der Waals surface area (Å²) in [6.07, 6.45) is -0.127. The fourth-order valence-corrected chi connectivity index (χ4v) is 1.51. The monoisotopic (exact) mass is 263 g/mol.